The zero-order valence-electron chi connectivity index (χ0n) is 11.4. The van der Waals surface area contributed by atoms with E-state index < -0.39 is 0 Å². The van der Waals surface area contributed by atoms with Crippen LogP contribution < -0.4 is 10.6 Å². The van der Waals surface area contributed by atoms with Crippen molar-refractivity contribution in [1.29, 1.82) is 0 Å². The Labute approximate surface area is 116 Å². The summed E-state index contributed by atoms with van der Waals surface area (Å²) in [6.07, 6.45) is 2.50. The fraction of sp³-hybridized carbons (Fsp3) is 0.923. The highest BCUT2D eigenvalue weighted by atomic mass is 35.5. The second-order valence-corrected chi connectivity index (χ2v) is 5.41. The smallest absolute Gasteiger partial charge is 0.224 e. The molecule has 1 amide bonds. The molecule has 1 unspecified atom stereocenters. The third-order valence-corrected chi connectivity index (χ3v) is 4.27. The molecule has 0 saturated carbocycles. The molecule has 0 spiro atoms. The van der Waals surface area contributed by atoms with E-state index in [0.29, 0.717) is 12.0 Å². The molecule has 2 N–H and O–H groups in total. The Morgan fingerprint density at radius 3 is 2.83 bits per heavy atom. The quantitative estimate of drug-likeness (QED) is 0.800. The van der Waals surface area contributed by atoms with Crippen LogP contribution in [0.25, 0.3) is 0 Å². The molecule has 2 heterocycles. The Kier molecular flexibility index (Phi) is 6.39. The maximum atomic E-state index is 12.0. The highest BCUT2D eigenvalue weighted by Crippen LogP contribution is 2.18. The summed E-state index contributed by atoms with van der Waals surface area (Å²) < 4.78 is 0. The second kappa shape index (κ2) is 7.31. The molecule has 2 fully saturated rings. The van der Waals surface area contributed by atoms with Crippen LogP contribution in [0.3, 0.4) is 0 Å². The number of likely N-dealkylation sites (N-methyl/N-ethyl adjacent to an activating group) is 1. The predicted molar refractivity (Wildman–Crippen MR) is 76.1 cm³/mol. The van der Waals surface area contributed by atoms with Crippen LogP contribution in [0.5, 0.6) is 0 Å². The van der Waals surface area contributed by atoms with Crippen molar-refractivity contribution in [3.63, 3.8) is 0 Å². The lowest BCUT2D eigenvalue weighted by Gasteiger charge is -2.24. The fourth-order valence-corrected chi connectivity index (χ4v) is 3.05. The van der Waals surface area contributed by atoms with Crippen LogP contribution in [0.4, 0.5) is 0 Å². The largest absolute Gasteiger partial charge is 0.354 e. The monoisotopic (exact) mass is 275 g/mol. The number of rotatable bonds is 4. The van der Waals surface area contributed by atoms with Crippen LogP contribution in [-0.4, -0.2) is 49.6 Å². The number of halogens is 1. The predicted octanol–water partition coefficient (Wildman–Crippen LogP) is 0.864. The lowest BCUT2D eigenvalue weighted by Crippen LogP contribution is -2.43. The van der Waals surface area contributed by atoms with E-state index in [0.717, 1.165) is 26.2 Å². The van der Waals surface area contributed by atoms with Crippen molar-refractivity contribution in [3.05, 3.63) is 0 Å². The van der Waals surface area contributed by atoms with Gasteiger partial charge in [-0.3, -0.25) is 9.69 Å². The molecule has 5 heteroatoms. The van der Waals surface area contributed by atoms with Crippen molar-refractivity contribution in [2.24, 2.45) is 11.8 Å². The number of nitrogens with one attached hydrogen (secondary N) is 2. The van der Waals surface area contributed by atoms with Crippen molar-refractivity contribution >= 4 is 18.3 Å². The summed E-state index contributed by atoms with van der Waals surface area (Å²) in [5.41, 5.74) is 0. The lowest BCUT2D eigenvalue weighted by atomic mass is 9.97. The minimum Gasteiger partial charge on any atom is -0.354 e. The van der Waals surface area contributed by atoms with Gasteiger partial charge in [-0.15, -0.1) is 12.4 Å². The molecule has 0 aromatic heterocycles. The Bertz CT molecular complexity index is 275. The zero-order valence-corrected chi connectivity index (χ0v) is 12.3. The summed E-state index contributed by atoms with van der Waals surface area (Å²) in [6, 6.07) is 0.564. The van der Waals surface area contributed by atoms with Gasteiger partial charge in [0.15, 0.2) is 0 Å². The van der Waals surface area contributed by atoms with Crippen LogP contribution in [0.2, 0.25) is 0 Å². The Hall–Kier alpha value is -0.320. The van der Waals surface area contributed by atoms with E-state index in [1.165, 1.54) is 19.4 Å². The van der Waals surface area contributed by atoms with E-state index in [-0.39, 0.29) is 24.2 Å². The van der Waals surface area contributed by atoms with Gasteiger partial charge in [0.1, 0.15) is 0 Å². The maximum Gasteiger partial charge on any atom is 0.224 e. The molecule has 2 rings (SSSR count). The maximum absolute atomic E-state index is 12.0. The Balaban J connectivity index is 0.00000162. The summed E-state index contributed by atoms with van der Waals surface area (Å²) in [4.78, 5) is 14.5. The molecule has 106 valence electrons. The average Bonchev–Trinajstić information content (AvgIpc) is 2.94. The van der Waals surface area contributed by atoms with Crippen LogP contribution >= 0.6 is 12.4 Å². The summed E-state index contributed by atoms with van der Waals surface area (Å²) in [7, 11) is 0. The SMILES string of the molecule is CCN1CCCC1CNC(=O)[C@@H]1CNC[C@H]1C.Cl. The standard InChI is InChI=1S/C13H25N3O.ClH/c1-3-16-6-4-5-11(16)8-15-13(17)12-9-14-7-10(12)2;/h10-12,14H,3-9H2,1-2H3,(H,15,17);1H/t10-,11?,12-;/m1./s1. The molecule has 0 bridgehead atoms. The van der Waals surface area contributed by atoms with Gasteiger partial charge in [0.25, 0.3) is 0 Å². The van der Waals surface area contributed by atoms with Crippen molar-refractivity contribution in [2.75, 3.05) is 32.7 Å². The zero-order chi connectivity index (χ0) is 12.3. The summed E-state index contributed by atoms with van der Waals surface area (Å²) in [5.74, 6) is 0.887. The molecule has 0 aromatic rings. The van der Waals surface area contributed by atoms with Crippen LogP contribution in [0.15, 0.2) is 0 Å². The minimum atomic E-state index is 0. The number of carbonyl (C=O) groups excluding carboxylic acids is 1. The van der Waals surface area contributed by atoms with Crippen LogP contribution in [0, 0.1) is 11.8 Å². The molecule has 4 nitrogen and oxygen atoms in total. The third kappa shape index (κ3) is 3.59. The fourth-order valence-electron chi connectivity index (χ4n) is 3.05. The molecule has 3 atom stereocenters. The minimum absolute atomic E-state index is 0. The summed E-state index contributed by atoms with van der Waals surface area (Å²) in [5, 5.41) is 6.42. The van der Waals surface area contributed by atoms with Gasteiger partial charge in [0.05, 0.1) is 5.92 Å². The first kappa shape index (κ1) is 15.7. The van der Waals surface area contributed by atoms with E-state index in [1.807, 2.05) is 0 Å². The highest BCUT2D eigenvalue weighted by molar-refractivity contribution is 5.85. The van der Waals surface area contributed by atoms with Crippen molar-refractivity contribution in [2.45, 2.75) is 32.7 Å². The normalized spacial score (nSPS) is 32.2. The van der Waals surface area contributed by atoms with E-state index in [2.05, 4.69) is 29.4 Å². The van der Waals surface area contributed by atoms with Gasteiger partial charge >= 0.3 is 0 Å². The number of likely N-dealkylation sites (tertiary alicyclic amines) is 1. The first-order valence-corrected chi connectivity index (χ1v) is 6.94. The van der Waals surface area contributed by atoms with E-state index in [4.69, 9.17) is 0 Å². The summed E-state index contributed by atoms with van der Waals surface area (Å²) >= 11 is 0. The molecule has 0 radical (unpaired) electrons. The van der Waals surface area contributed by atoms with E-state index >= 15 is 0 Å². The van der Waals surface area contributed by atoms with E-state index in [9.17, 15) is 4.79 Å². The summed E-state index contributed by atoms with van der Waals surface area (Å²) in [6.45, 7) is 9.29. The van der Waals surface area contributed by atoms with Gasteiger partial charge in [-0.1, -0.05) is 13.8 Å². The molecule has 0 aromatic carbocycles. The van der Waals surface area contributed by atoms with Crippen LogP contribution in [0.1, 0.15) is 26.7 Å². The Morgan fingerprint density at radius 2 is 2.22 bits per heavy atom. The van der Waals surface area contributed by atoms with Gasteiger partial charge < -0.3 is 10.6 Å². The average molecular weight is 276 g/mol. The van der Waals surface area contributed by atoms with E-state index in [1.54, 1.807) is 0 Å². The first-order valence-electron chi connectivity index (χ1n) is 6.94. The van der Waals surface area contributed by atoms with Gasteiger partial charge in [-0.25, -0.2) is 0 Å². The first-order chi connectivity index (χ1) is 8.22. The number of hydrogen-bond acceptors (Lipinski definition) is 3. The lowest BCUT2D eigenvalue weighted by molar-refractivity contribution is -0.125. The van der Waals surface area contributed by atoms with Gasteiger partial charge in [0, 0.05) is 19.1 Å². The molecule has 2 aliphatic rings. The number of carbonyl (C=O) groups is 1. The van der Waals surface area contributed by atoms with Crippen molar-refractivity contribution in [3.8, 4) is 0 Å². The number of nitrogens with zero attached hydrogens (tertiary/aromatic N) is 1. The van der Waals surface area contributed by atoms with Gasteiger partial charge in [0.2, 0.25) is 5.91 Å². The molecule has 18 heavy (non-hydrogen) atoms. The van der Waals surface area contributed by atoms with Gasteiger partial charge in [-0.2, -0.15) is 0 Å². The Morgan fingerprint density at radius 1 is 1.44 bits per heavy atom. The van der Waals surface area contributed by atoms with Crippen molar-refractivity contribution in [1.82, 2.24) is 15.5 Å². The number of hydrogen-bond donors (Lipinski definition) is 2. The molecule has 2 saturated heterocycles. The van der Waals surface area contributed by atoms with Crippen molar-refractivity contribution < 1.29 is 4.79 Å². The topological polar surface area (TPSA) is 44.4 Å². The molecule has 0 aliphatic carbocycles. The third-order valence-electron chi connectivity index (χ3n) is 4.27. The van der Waals surface area contributed by atoms with Crippen LogP contribution in [-0.2, 0) is 4.79 Å². The molecule has 2 aliphatic heterocycles. The van der Waals surface area contributed by atoms with Gasteiger partial charge in [-0.05, 0) is 38.4 Å². The molecular formula is C13H26ClN3O. The molecular weight excluding hydrogens is 250 g/mol. The highest BCUT2D eigenvalue weighted by Gasteiger charge is 2.30. The number of amides is 1. The second-order valence-electron chi connectivity index (χ2n) is 5.41.